The van der Waals surface area contributed by atoms with Crippen molar-refractivity contribution in [3.8, 4) is 11.3 Å². The van der Waals surface area contributed by atoms with Crippen LogP contribution in [0.15, 0.2) is 24.4 Å². The van der Waals surface area contributed by atoms with Gasteiger partial charge in [-0.15, -0.1) is 0 Å². The number of carbonyl (C=O) groups is 1. The maximum absolute atomic E-state index is 13.8. The predicted molar refractivity (Wildman–Crippen MR) is 68.0 cm³/mol. The third kappa shape index (κ3) is 2.32. The first-order valence-corrected chi connectivity index (χ1v) is 5.95. The summed E-state index contributed by atoms with van der Waals surface area (Å²) in [5.41, 5.74) is 2.16. The Hall–Kier alpha value is -1.97. The minimum atomic E-state index is -0.356. The molecule has 1 heterocycles. The van der Waals surface area contributed by atoms with Gasteiger partial charge in [0.1, 0.15) is 11.5 Å². The number of hydrogen-bond acceptors (Lipinski definition) is 2. The Bertz CT molecular complexity index is 575. The summed E-state index contributed by atoms with van der Waals surface area (Å²) in [6, 6.07) is 4.81. The molecule has 18 heavy (non-hydrogen) atoms. The largest absolute Gasteiger partial charge is 0.298 e. The van der Waals surface area contributed by atoms with E-state index in [9.17, 15) is 9.18 Å². The summed E-state index contributed by atoms with van der Waals surface area (Å²) >= 11 is 0. The van der Waals surface area contributed by atoms with Gasteiger partial charge in [-0.3, -0.25) is 9.48 Å². The molecule has 0 aliphatic rings. The van der Waals surface area contributed by atoms with Crippen molar-refractivity contribution in [2.75, 3.05) is 0 Å². The lowest BCUT2D eigenvalue weighted by Gasteiger charge is -2.02. The van der Waals surface area contributed by atoms with Crippen molar-refractivity contribution in [2.45, 2.75) is 26.8 Å². The number of rotatable bonds is 4. The minimum Gasteiger partial charge on any atom is -0.298 e. The SMILES string of the molecule is CCCn1cc(C=O)c(-c2cc(C)ccc2F)n1. The van der Waals surface area contributed by atoms with Crippen molar-refractivity contribution < 1.29 is 9.18 Å². The number of halogens is 1. The van der Waals surface area contributed by atoms with Crippen molar-refractivity contribution >= 4 is 6.29 Å². The molecule has 0 N–H and O–H groups in total. The van der Waals surface area contributed by atoms with Gasteiger partial charge in [0, 0.05) is 18.3 Å². The standard InChI is InChI=1S/C14H15FN2O/c1-3-6-17-8-11(9-18)14(16-17)12-7-10(2)4-5-13(12)15/h4-5,7-9H,3,6H2,1-2H3. The molecule has 0 aliphatic heterocycles. The highest BCUT2D eigenvalue weighted by molar-refractivity contribution is 5.85. The number of aldehydes is 1. The normalized spacial score (nSPS) is 10.6. The lowest BCUT2D eigenvalue weighted by molar-refractivity contribution is 0.112. The molecule has 3 nitrogen and oxygen atoms in total. The average molecular weight is 246 g/mol. The molecule has 4 heteroatoms. The number of aromatic nitrogens is 2. The third-order valence-corrected chi connectivity index (χ3v) is 2.75. The summed E-state index contributed by atoms with van der Waals surface area (Å²) in [5, 5.41) is 4.29. The summed E-state index contributed by atoms with van der Waals surface area (Å²) in [6.07, 6.45) is 3.29. The summed E-state index contributed by atoms with van der Waals surface area (Å²) in [5.74, 6) is -0.356. The van der Waals surface area contributed by atoms with E-state index in [1.165, 1.54) is 6.07 Å². The lowest BCUT2D eigenvalue weighted by Crippen LogP contribution is -1.97. The molecule has 0 saturated heterocycles. The van der Waals surface area contributed by atoms with Gasteiger partial charge in [-0.2, -0.15) is 5.10 Å². The zero-order chi connectivity index (χ0) is 13.1. The van der Waals surface area contributed by atoms with Crippen LogP contribution in [-0.2, 0) is 6.54 Å². The summed E-state index contributed by atoms with van der Waals surface area (Å²) < 4.78 is 15.5. The van der Waals surface area contributed by atoms with E-state index in [-0.39, 0.29) is 5.82 Å². The summed E-state index contributed by atoms with van der Waals surface area (Å²) in [4.78, 5) is 11.0. The van der Waals surface area contributed by atoms with Crippen molar-refractivity contribution in [3.05, 3.63) is 41.3 Å². The molecular weight excluding hydrogens is 231 g/mol. The van der Waals surface area contributed by atoms with Gasteiger partial charge in [-0.1, -0.05) is 18.6 Å². The molecule has 0 radical (unpaired) electrons. The van der Waals surface area contributed by atoms with E-state index in [4.69, 9.17) is 0 Å². The van der Waals surface area contributed by atoms with E-state index in [1.807, 2.05) is 13.8 Å². The van der Waals surface area contributed by atoms with Crippen LogP contribution in [0.2, 0.25) is 0 Å². The minimum absolute atomic E-state index is 0.356. The van der Waals surface area contributed by atoms with Crippen LogP contribution >= 0.6 is 0 Å². The van der Waals surface area contributed by atoms with Gasteiger partial charge in [0.05, 0.1) is 5.56 Å². The van der Waals surface area contributed by atoms with Crippen LogP contribution in [-0.4, -0.2) is 16.1 Å². The van der Waals surface area contributed by atoms with Gasteiger partial charge in [0.15, 0.2) is 6.29 Å². The van der Waals surface area contributed by atoms with Crippen molar-refractivity contribution in [2.24, 2.45) is 0 Å². The maximum atomic E-state index is 13.8. The van der Waals surface area contributed by atoms with E-state index in [0.717, 1.165) is 18.3 Å². The van der Waals surface area contributed by atoms with Gasteiger partial charge in [0.25, 0.3) is 0 Å². The van der Waals surface area contributed by atoms with Crippen LogP contribution in [0, 0.1) is 12.7 Å². The van der Waals surface area contributed by atoms with Gasteiger partial charge >= 0.3 is 0 Å². The molecule has 1 aromatic carbocycles. The summed E-state index contributed by atoms with van der Waals surface area (Å²) in [6.45, 7) is 4.62. The Balaban J connectivity index is 2.54. The number of aryl methyl sites for hydroxylation is 2. The Morgan fingerprint density at radius 3 is 2.89 bits per heavy atom. The monoisotopic (exact) mass is 246 g/mol. The van der Waals surface area contributed by atoms with Crippen LogP contribution in [0.4, 0.5) is 4.39 Å². The topological polar surface area (TPSA) is 34.9 Å². The van der Waals surface area contributed by atoms with E-state index in [1.54, 1.807) is 23.0 Å². The molecular formula is C14H15FN2O. The molecule has 1 aromatic heterocycles. The average Bonchev–Trinajstić information content (AvgIpc) is 2.76. The van der Waals surface area contributed by atoms with Crippen molar-refractivity contribution in [3.63, 3.8) is 0 Å². The highest BCUT2D eigenvalue weighted by atomic mass is 19.1. The Morgan fingerprint density at radius 1 is 1.44 bits per heavy atom. The first-order chi connectivity index (χ1) is 8.65. The molecule has 0 fully saturated rings. The molecule has 0 saturated carbocycles. The zero-order valence-electron chi connectivity index (χ0n) is 10.5. The number of carbonyl (C=O) groups excluding carboxylic acids is 1. The van der Waals surface area contributed by atoms with E-state index in [2.05, 4.69) is 5.10 Å². The smallest absolute Gasteiger partial charge is 0.153 e. The van der Waals surface area contributed by atoms with Crippen molar-refractivity contribution in [1.29, 1.82) is 0 Å². The van der Waals surface area contributed by atoms with Gasteiger partial charge < -0.3 is 0 Å². The molecule has 0 bridgehead atoms. The highest BCUT2D eigenvalue weighted by Crippen LogP contribution is 2.25. The quantitative estimate of drug-likeness (QED) is 0.776. The second-order valence-corrected chi connectivity index (χ2v) is 4.30. The van der Waals surface area contributed by atoms with E-state index in [0.29, 0.717) is 23.4 Å². The van der Waals surface area contributed by atoms with E-state index >= 15 is 0 Å². The van der Waals surface area contributed by atoms with Crippen LogP contribution in [0.1, 0.15) is 29.3 Å². The zero-order valence-corrected chi connectivity index (χ0v) is 10.5. The first kappa shape index (κ1) is 12.5. The van der Waals surface area contributed by atoms with Crippen LogP contribution in [0.3, 0.4) is 0 Å². The molecule has 0 amide bonds. The van der Waals surface area contributed by atoms with Crippen molar-refractivity contribution in [1.82, 2.24) is 9.78 Å². The van der Waals surface area contributed by atoms with Gasteiger partial charge in [-0.05, 0) is 25.5 Å². The Kier molecular flexibility index (Phi) is 3.55. The first-order valence-electron chi connectivity index (χ1n) is 5.95. The number of hydrogen-bond donors (Lipinski definition) is 0. The molecule has 2 aromatic rings. The second-order valence-electron chi connectivity index (χ2n) is 4.30. The molecule has 0 aliphatic carbocycles. The van der Waals surface area contributed by atoms with E-state index < -0.39 is 0 Å². The van der Waals surface area contributed by atoms with Crippen LogP contribution in [0.25, 0.3) is 11.3 Å². The molecule has 0 spiro atoms. The second kappa shape index (κ2) is 5.12. The molecule has 94 valence electrons. The molecule has 0 atom stereocenters. The fourth-order valence-corrected chi connectivity index (χ4v) is 1.90. The molecule has 0 unspecified atom stereocenters. The van der Waals surface area contributed by atoms with Gasteiger partial charge in [-0.25, -0.2) is 4.39 Å². The fourth-order valence-electron chi connectivity index (χ4n) is 1.90. The summed E-state index contributed by atoms with van der Waals surface area (Å²) in [7, 11) is 0. The van der Waals surface area contributed by atoms with Gasteiger partial charge in [0.2, 0.25) is 0 Å². The number of nitrogens with zero attached hydrogens (tertiary/aromatic N) is 2. The Labute approximate surface area is 105 Å². The third-order valence-electron chi connectivity index (χ3n) is 2.75. The molecule has 2 rings (SSSR count). The number of benzene rings is 1. The van der Waals surface area contributed by atoms with Crippen LogP contribution < -0.4 is 0 Å². The fraction of sp³-hybridized carbons (Fsp3) is 0.286. The van der Waals surface area contributed by atoms with Crippen LogP contribution in [0.5, 0.6) is 0 Å². The Morgan fingerprint density at radius 2 is 2.22 bits per heavy atom. The highest BCUT2D eigenvalue weighted by Gasteiger charge is 2.14. The maximum Gasteiger partial charge on any atom is 0.153 e. The predicted octanol–water partition coefficient (Wildman–Crippen LogP) is 3.22. The lowest BCUT2D eigenvalue weighted by atomic mass is 10.1.